The van der Waals surface area contributed by atoms with Crippen LogP contribution in [0.2, 0.25) is 0 Å². The highest BCUT2D eigenvalue weighted by Gasteiger charge is 2.06. The summed E-state index contributed by atoms with van der Waals surface area (Å²) in [6.07, 6.45) is 2.97. The second-order valence-electron chi connectivity index (χ2n) is 3.29. The number of aryl methyl sites for hydroxylation is 2. The SMILES string of the molecule is CCc1ccc(O)c2ccn(C)c12. The minimum Gasteiger partial charge on any atom is -0.507 e. The quantitative estimate of drug-likeness (QED) is 0.707. The topological polar surface area (TPSA) is 25.2 Å². The molecule has 2 heteroatoms. The van der Waals surface area contributed by atoms with Crippen LogP contribution in [0.5, 0.6) is 5.75 Å². The molecule has 2 rings (SSSR count). The molecule has 0 saturated carbocycles. The number of fused-ring (bicyclic) bond motifs is 1. The van der Waals surface area contributed by atoms with E-state index in [9.17, 15) is 5.11 Å². The van der Waals surface area contributed by atoms with Crippen molar-refractivity contribution in [1.29, 1.82) is 0 Å². The Bertz CT molecular complexity index is 443. The lowest BCUT2D eigenvalue weighted by Gasteiger charge is -2.04. The third kappa shape index (κ3) is 1.10. The smallest absolute Gasteiger partial charge is 0.124 e. The summed E-state index contributed by atoms with van der Waals surface area (Å²) >= 11 is 0. The Balaban J connectivity index is 2.88. The van der Waals surface area contributed by atoms with Crippen molar-refractivity contribution in [2.24, 2.45) is 7.05 Å². The summed E-state index contributed by atoms with van der Waals surface area (Å²) in [6, 6.07) is 5.70. The molecule has 13 heavy (non-hydrogen) atoms. The van der Waals surface area contributed by atoms with Crippen LogP contribution in [0.15, 0.2) is 24.4 Å². The summed E-state index contributed by atoms with van der Waals surface area (Å²) in [5.74, 6) is 0.368. The predicted octanol–water partition coefficient (Wildman–Crippen LogP) is 2.45. The first-order chi connectivity index (χ1) is 6.24. The molecule has 0 radical (unpaired) electrons. The lowest BCUT2D eigenvalue weighted by molar-refractivity contribution is 0.481. The van der Waals surface area contributed by atoms with Gasteiger partial charge in [0.2, 0.25) is 0 Å². The lowest BCUT2D eigenvalue weighted by Crippen LogP contribution is -1.90. The number of phenols is 1. The minimum atomic E-state index is 0.368. The number of aromatic hydroxyl groups is 1. The average Bonchev–Trinajstić information content (AvgIpc) is 2.51. The summed E-state index contributed by atoms with van der Waals surface area (Å²) < 4.78 is 2.05. The van der Waals surface area contributed by atoms with Crippen molar-refractivity contribution < 1.29 is 5.11 Å². The predicted molar refractivity (Wildman–Crippen MR) is 54.0 cm³/mol. The molecular formula is C11H13NO. The van der Waals surface area contributed by atoms with Crippen LogP contribution in [0.4, 0.5) is 0 Å². The molecule has 0 aliphatic carbocycles. The molecule has 0 saturated heterocycles. The van der Waals surface area contributed by atoms with Gasteiger partial charge in [-0.3, -0.25) is 0 Å². The van der Waals surface area contributed by atoms with Crippen LogP contribution in [0.1, 0.15) is 12.5 Å². The fourth-order valence-corrected chi connectivity index (χ4v) is 1.77. The van der Waals surface area contributed by atoms with Crippen molar-refractivity contribution in [2.75, 3.05) is 0 Å². The third-order valence-electron chi connectivity index (χ3n) is 2.48. The van der Waals surface area contributed by atoms with Crippen molar-refractivity contribution in [2.45, 2.75) is 13.3 Å². The van der Waals surface area contributed by atoms with E-state index in [4.69, 9.17) is 0 Å². The van der Waals surface area contributed by atoms with Crippen LogP contribution in [0.25, 0.3) is 10.9 Å². The van der Waals surface area contributed by atoms with Crippen LogP contribution in [0, 0.1) is 0 Å². The zero-order chi connectivity index (χ0) is 9.42. The highest BCUT2D eigenvalue weighted by atomic mass is 16.3. The number of phenolic OH excluding ortho intramolecular Hbond substituents is 1. The second-order valence-corrected chi connectivity index (χ2v) is 3.29. The van der Waals surface area contributed by atoms with Gasteiger partial charge in [0.1, 0.15) is 5.75 Å². The monoisotopic (exact) mass is 175 g/mol. The molecule has 1 aromatic heterocycles. The van der Waals surface area contributed by atoms with Gasteiger partial charge >= 0.3 is 0 Å². The summed E-state index contributed by atoms with van der Waals surface area (Å²) in [5, 5.41) is 10.5. The molecule has 2 aromatic rings. The molecule has 1 N–H and O–H groups in total. The first-order valence-electron chi connectivity index (χ1n) is 4.50. The third-order valence-corrected chi connectivity index (χ3v) is 2.48. The second kappa shape index (κ2) is 2.80. The van der Waals surface area contributed by atoms with Gasteiger partial charge in [0.05, 0.1) is 5.52 Å². The maximum atomic E-state index is 9.59. The van der Waals surface area contributed by atoms with Gasteiger partial charge in [0.15, 0.2) is 0 Å². The van der Waals surface area contributed by atoms with Crippen LogP contribution in [-0.2, 0) is 13.5 Å². The molecule has 0 aliphatic rings. The van der Waals surface area contributed by atoms with E-state index >= 15 is 0 Å². The lowest BCUT2D eigenvalue weighted by atomic mass is 10.1. The van der Waals surface area contributed by atoms with Crippen LogP contribution in [-0.4, -0.2) is 9.67 Å². The van der Waals surface area contributed by atoms with E-state index in [1.807, 2.05) is 29.9 Å². The van der Waals surface area contributed by atoms with Gasteiger partial charge < -0.3 is 9.67 Å². The Hall–Kier alpha value is -1.44. The van der Waals surface area contributed by atoms with E-state index in [2.05, 4.69) is 6.92 Å². The van der Waals surface area contributed by atoms with E-state index in [1.165, 1.54) is 5.56 Å². The molecule has 0 unspecified atom stereocenters. The number of hydrogen-bond donors (Lipinski definition) is 1. The molecule has 68 valence electrons. The van der Waals surface area contributed by atoms with Gasteiger partial charge in [-0.2, -0.15) is 0 Å². The summed E-state index contributed by atoms with van der Waals surface area (Å²) in [5.41, 5.74) is 2.42. The molecular weight excluding hydrogens is 162 g/mol. The number of hydrogen-bond acceptors (Lipinski definition) is 1. The van der Waals surface area contributed by atoms with Crippen molar-refractivity contribution in [1.82, 2.24) is 4.57 Å². The maximum absolute atomic E-state index is 9.59. The zero-order valence-corrected chi connectivity index (χ0v) is 7.91. The molecule has 0 atom stereocenters. The molecule has 0 fully saturated rings. The fraction of sp³-hybridized carbons (Fsp3) is 0.273. The standard InChI is InChI=1S/C11H13NO/c1-3-8-4-5-10(13)9-6-7-12(2)11(8)9/h4-7,13H,3H2,1-2H3. The number of benzene rings is 1. The van der Waals surface area contributed by atoms with Gasteiger partial charge in [-0.25, -0.2) is 0 Å². The Labute approximate surface area is 77.4 Å². The van der Waals surface area contributed by atoms with E-state index < -0.39 is 0 Å². The minimum absolute atomic E-state index is 0.368. The van der Waals surface area contributed by atoms with Crippen molar-refractivity contribution in [3.63, 3.8) is 0 Å². The Kier molecular flexibility index (Phi) is 1.76. The fourth-order valence-electron chi connectivity index (χ4n) is 1.77. The normalized spacial score (nSPS) is 10.9. The highest BCUT2D eigenvalue weighted by molar-refractivity contribution is 5.88. The van der Waals surface area contributed by atoms with Crippen molar-refractivity contribution >= 4 is 10.9 Å². The largest absolute Gasteiger partial charge is 0.507 e. The molecule has 1 aromatic carbocycles. The van der Waals surface area contributed by atoms with E-state index in [0.29, 0.717) is 5.75 Å². The molecule has 2 nitrogen and oxygen atoms in total. The Morgan fingerprint density at radius 3 is 2.77 bits per heavy atom. The van der Waals surface area contributed by atoms with Gasteiger partial charge in [-0.05, 0) is 24.1 Å². The van der Waals surface area contributed by atoms with Crippen molar-refractivity contribution in [3.8, 4) is 5.75 Å². The molecule has 1 heterocycles. The van der Waals surface area contributed by atoms with Crippen LogP contribution >= 0.6 is 0 Å². The first kappa shape index (κ1) is 8.17. The molecule has 0 bridgehead atoms. The van der Waals surface area contributed by atoms with Gasteiger partial charge in [0, 0.05) is 18.6 Å². The molecule has 0 amide bonds. The Morgan fingerprint density at radius 1 is 1.31 bits per heavy atom. The maximum Gasteiger partial charge on any atom is 0.124 e. The highest BCUT2D eigenvalue weighted by Crippen LogP contribution is 2.28. The summed E-state index contributed by atoms with van der Waals surface area (Å²) in [6.45, 7) is 2.12. The van der Waals surface area contributed by atoms with Gasteiger partial charge in [-0.15, -0.1) is 0 Å². The van der Waals surface area contributed by atoms with E-state index in [0.717, 1.165) is 17.3 Å². The average molecular weight is 175 g/mol. The van der Waals surface area contributed by atoms with E-state index in [1.54, 1.807) is 6.07 Å². The number of nitrogens with zero attached hydrogens (tertiary/aromatic N) is 1. The summed E-state index contributed by atoms with van der Waals surface area (Å²) in [7, 11) is 2.00. The molecule has 0 aliphatic heterocycles. The van der Waals surface area contributed by atoms with E-state index in [-0.39, 0.29) is 0 Å². The zero-order valence-electron chi connectivity index (χ0n) is 7.91. The van der Waals surface area contributed by atoms with Gasteiger partial charge in [-0.1, -0.05) is 13.0 Å². The summed E-state index contributed by atoms with van der Waals surface area (Å²) in [4.78, 5) is 0. The van der Waals surface area contributed by atoms with Crippen molar-refractivity contribution in [3.05, 3.63) is 30.0 Å². The molecule has 0 spiro atoms. The van der Waals surface area contributed by atoms with Gasteiger partial charge in [0.25, 0.3) is 0 Å². The number of rotatable bonds is 1. The Morgan fingerprint density at radius 2 is 2.08 bits per heavy atom. The van der Waals surface area contributed by atoms with Crippen LogP contribution < -0.4 is 0 Å². The first-order valence-corrected chi connectivity index (χ1v) is 4.50. The van der Waals surface area contributed by atoms with Crippen LogP contribution in [0.3, 0.4) is 0 Å². The number of aromatic nitrogens is 1.